The second-order valence-corrected chi connectivity index (χ2v) is 10.3. The molecule has 34 heavy (non-hydrogen) atoms. The largest absolute Gasteiger partial charge is 0.452 e. The van der Waals surface area contributed by atoms with Gasteiger partial charge in [0.05, 0.1) is 43.7 Å². The number of fused-ring (bicyclic) bond motifs is 1. The molecule has 1 aromatic carbocycles. The topological polar surface area (TPSA) is 117 Å². The highest BCUT2D eigenvalue weighted by Gasteiger charge is 2.32. The van der Waals surface area contributed by atoms with Crippen molar-refractivity contribution in [2.24, 2.45) is 0 Å². The molecule has 0 bridgehead atoms. The number of methoxy groups -OCH3 is 1. The Morgan fingerprint density at radius 3 is 2.65 bits per heavy atom. The van der Waals surface area contributed by atoms with Crippen LogP contribution in [0, 0.1) is 5.82 Å². The number of aromatic nitrogens is 4. The van der Waals surface area contributed by atoms with Crippen molar-refractivity contribution >= 4 is 21.6 Å². The van der Waals surface area contributed by atoms with E-state index in [1.54, 1.807) is 23.4 Å². The average molecular weight is 490 g/mol. The van der Waals surface area contributed by atoms with Gasteiger partial charge < -0.3 is 9.47 Å². The number of rotatable bonds is 6. The van der Waals surface area contributed by atoms with Crippen molar-refractivity contribution in [3.63, 3.8) is 0 Å². The molecule has 0 spiro atoms. The molecule has 0 radical (unpaired) electrons. The molecule has 1 aliphatic heterocycles. The molecule has 3 aromatic rings. The van der Waals surface area contributed by atoms with Gasteiger partial charge in [-0.2, -0.15) is 5.10 Å². The number of anilines is 1. The van der Waals surface area contributed by atoms with E-state index in [1.807, 2.05) is 13.0 Å². The van der Waals surface area contributed by atoms with Crippen LogP contribution in [0.4, 0.5) is 14.9 Å². The zero-order valence-corrected chi connectivity index (χ0v) is 19.7. The molecule has 10 nitrogen and oxygen atoms in total. The molecule has 0 saturated heterocycles. The average Bonchev–Trinajstić information content (AvgIpc) is 3.27. The summed E-state index contributed by atoms with van der Waals surface area (Å²) < 4.78 is 48.9. The van der Waals surface area contributed by atoms with Crippen LogP contribution in [0.15, 0.2) is 36.9 Å². The number of aryl methyl sites for hydroxylation is 1. The van der Waals surface area contributed by atoms with E-state index in [0.717, 1.165) is 18.0 Å². The van der Waals surface area contributed by atoms with Gasteiger partial charge in [-0.05, 0) is 31.9 Å². The Bertz CT molecular complexity index is 1310. The van der Waals surface area contributed by atoms with E-state index < -0.39 is 21.7 Å². The van der Waals surface area contributed by atoms with Gasteiger partial charge >= 0.3 is 12.1 Å². The number of nitrogens with zero attached hydrogens (tertiary/aromatic N) is 5. The fraction of sp³-hybridized carbons (Fsp3) is 0.364. The normalized spacial score (nSPS) is 15.6. The van der Waals surface area contributed by atoms with Crippen LogP contribution in [0.2, 0.25) is 0 Å². The van der Waals surface area contributed by atoms with Crippen LogP contribution in [0.5, 0.6) is 11.8 Å². The SMILES string of the molecule is COC(=O)N1c2ccc(-c3cnn(CCS(C)(=O)=O)c3)c(Oc3ncc(F)cn3)c2CCC1C. The summed E-state index contributed by atoms with van der Waals surface area (Å²) in [5.41, 5.74) is 2.71. The first-order valence-electron chi connectivity index (χ1n) is 10.6. The van der Waals surface area contributed by atoms with Gasteiger partial charge in [0.2, 0.25) is 0 Å². The summed E-state index contributed by atoms with van der Waals surface area (Å²) in [5, 5.41) is 4.27. The van der Waals surface area contributed by atoms with Crippen LogP contribution in [0.3, 0.4) is 0 Å². The number of amides is 1. The van der Waals surface area contributed by atoms with E-state index in [1.165, 1.54) is 18.0 Å². The molecular formula is C22H24FN5O5S. The third kappa shape index (κ3) is 5.01. The first kappa shape index (κ1) is 23.6. The van der Waals surface area contributed by atoms with Crippen molar-refractivity contribution in [3.05, 3.63) is 48.3 Å². The van der Waals surface area contributed by atoms with E-state index in [0.29, 0.717) is 35.4 Å². The van der Waals surface area contributed by atoms with Gasteiger partial charge in [0.15, 0.2) is 5.82 Å². The molecule has 1 atom stereocenters. The molecule has 1 unspecified atom stereocenters. The second kappa shape index (κ2) is 9.37. The fourth-order valence-corrected chi connectivity index (χ4v) is 4.37. The third-order valence-electron chi connectivity index (χ3n) is 5.54. The van der Waals surface area contributed by atoms with E-state index in [-0.39, 0.29) is 24.3 Å². The molecule has 2 aromatic heterocycles. The van der Waals surface area contributed by atoms with Crippen molar-refractivity contribution in [1.82, 2.24) is 19.7 Å². The number of benzene rings is 1. The molecule has 0 fully saturated rings. The van der Waals surface area contributed by atoms with Gasteiger partial charge in [-0.1, -0.05) is 0 Å². The molecule has 1 aliphatic rings. The van der Waals surface area contributed by atoms with E-state index in [9.17, 15) is 17.6 Å². The lowest BCUT2D eigenvalue weighted by Gasteiger charge is -2.35. The van der Waals surface area contributed by atoms with E-state index in [4.69, 9.17) is 9.47 Å². The molecular weight excluding hydrogens is 465 g/mol. The van der Waals surface area contributed by atoms with Crippen molar-refractivity contribution in [2.75, 3.05) is 24.0 Å². The zero-order chi connectivity index (χ0) is 24.5. The Morgan fingerprint density at radius 1 is 1.24 bits per heavy atom. The highest BCUT2D eigenvalue weighted by molar-refractivity contribution is 7.90. The number of ether oxygens (including phenoxy) is 2. The maximum absolute atomic E-state index is 13.3. The summed E-state index contributed by atoms with van der Waals surface area (Å²) >= 11 is 0. The van der Waals surface area contributed by atoms with E-state index in [2.05, 4.69) is 15.1 Å². The second-order valence-electron chi connectivity index (χ2n) is 8.08. The Labute approximate surface area is 196 Å². The lowest BCUT2D eigenvalue weighted by Crippen LogP contribution is -2.42. The number of carbonyl (C=O) groups excluding carboxylic acids is 1. The maximum Gasteiger partial charge on any atom is 0.414 e. The van der Waals surface area contributed by atoms with Gasteiger partial charge in [-0.25, -0.2) is 27.6 Å². The summed E-state index contributed by atoms with van der Waals surface area (Å²) in [7, 11) is -1.82. The van der Waals surface area contributed by atoms with Crippen LogP contribution in [-0.4, -0.2) is 59.4 Å². The summed E-state index contributed by atoms with van der Waals surface area (Å²) in [5.74, 6) is -0.232. The highest BCUT2D eigenvalue weighted by Crippen LogP contribution is 2.44. The fourth-order valence-electron chi connectivity index (χ4n) is 3.85. The Balaban J connectivity index is 1.80. The Morgan fingerprint density at radius 2 is 1.97 bits per heavy atom. The van der Waals surface area contributed by atoms with Crippen molar-refractivity contribution < 1.29 is 27.1 Å². The molecule has 180 valence electrons. The zero-order valence-electron chi connectivity index (χ0n) is 18.9. The van der Waals surface area contributed by atoms with Crippen molar-refractivity contribution in [2.45, 2.75) is 32.4 Å². The molecule has 1 amide bonds. The van der Waals surface area contributed by atoms with Crippen LogP contribution < -0.4 is 9.64 Å². The smallest absolute Gasteiger partial charge is 0.414 e. The number of hydrogen-bond donors (Lipinski definition) is 0. The minimum Gasteiger partial charge on any atom is -0.452 e. The Kier molecular flexibility index (Phi) is 6.51. The first-order chi connectivity index (χ1) is 16.2. The standard InChI is InChI=1S/C22H24FN5O5S/c1-14-4-5-18-19(28(14)22(29)32-2)7-6-17(20(18)33-21-24-11-16(23)12-25-21)15-10-26-27(13-15)8-9-34(3,30)31/h6-7,10-14H,4-5,8-9H2,1-3H3. The molecule has 12 heteroatoms. The quantitative estimate of drug-likeness (QED) is 0.518. The highest BCUT2D eigenvalue weighted by atomic mass is 32.2. The summed E-state index contributed by atoms with van der Waals surface area (Å²) in [6.45, 7) is 2.14. The summed E-state index contributed by atoms with van der Waals surface area (Å²) in [6.07, 6.45) is 7.28. The lowest BCUT2D eigenvalue weighted by atomic mass is 9.92. The monoisotopic (exact) mass is 489 g/mol. The minimum atomic E-state index is -3.15. The molecule has 4 rings (SSSR count). The minimum absolute atomic E-state index is 0.0446. The number of hydrogen-bond acceptors (Lipinski definition) is 8. The summed E-state index contributed by atoms with van der Waals surface area (Å²) in [4.78, 5) is 21.9. The molecule has 0 N–H and O–H groups in total. The number of sulfone groups is 1. The maximum atomic E-state index is 13.3. The summed E-state index contributed by atoms with van der Waals surface area (Å²) in [6, 6.07) is 3.45. The van der Waals surface area contributed by atoms with Gasteiger partial charge in [0.25, 0.3) is 0 Å². The first-order valence-corrected chi connectivity index (χ1v) is 12.6. The van der Waals surface area contributed by atoms with Crippen LogP contribution >= 0.6 is 0 Å². The molecule has 3 heterocycles. The van der Waals surface area contributed by atoms with E-state index >= 15 is 0 Å². The molecule has 0 saturated carbocycles. The predicted octanol–water partition coefficient (Wildman–Crippen LogP) is 3.22. The van der Waals surface area contributed by atoms with Gasteiger partial charge in [0.1, 0.15) is 15.6 Å². The van der Waals surface area contributed by atoms with Gasteiger partial charge in [0, 0.05) is 35.2 Å². The van der Waals surface area contributed by atoms with Gasteiger partial charge in [-0.15, -0.1) is 0 Å². The van der Waals surface area contributed by atoms with Gasteiger partial charge in [-0.3, -0.25) is 9.58 Å². The lowest BCUT2D eigenvalue weighted by molar-refractivity contribution is 0.175. The van der Waals surface area contributed by atoms with Crippen LogP contribution in [0.25, 0.3) is 11.1 Å². The molecule has 0 aliphatic carbocycles. The number of halogens is 1. The van der Waals surface area contributed by atoms with Crippen molar-refractivity contribution in [1.29, 1.82) is 0 Å². The van der Waals surface area contributed by atoms with Crippen molar-refractivity contribution in [3.8, 4) is 22.9 Å². The predicted molar refractivity (Wildman–Crippen MR) is 122 cm³/mol. The Hall–Kier alpha value is -3.54. The third-order valence-corrected chi connectivity index (χ3v) is 6.47. The van der Waals surface area contributed by atoms with Crippen LogP contribution in [0.1, 0.15) is 18.9 Å². The van der Waals surface area contributed by atoms with Crippen LogP contribution in [-0.2, 0) is 27.5 Å². The number of carbonyl (C=O) groups is 1.